The van der Waals surface area contributed by atoms with Crippen molar-refractivity contribution in [3.8, 4) is 0 Å². The van der Waals surface area contributed by atoms with Crippen molar-refractivity contribution in [3.63, 3.8) is 0 Å². The summed E-state index contributed by atoms with van der Waals surface area (Å²) < 4.78 is 26.5. The molecule has 0 bridgehead atoms. The molecule has 0 spiro atoms. The Bertz CT molecular complexity index is 621. The second-order valence-corrected chi connectivity index (χ2v) is 6.27. The predicted molar refractivity (Wildman–Crippen MR) is 70.0 cm³/mol. The normalized spacial score (nSPS) is 13.2. The van der Waals surface area contributed by atoms with Crippen molar-refractivity contribution < 1.29 is 13.5 Å². The Morgan fingerprint density at radius 2 is 2.22 bits per heavy atom. The molecule has 0 fully saturated rings. The summed E-state index contributed by atoms with van der Waals surface area (Å²) in [6, 6.07) is 6.19. The molecule has 96 valence electrons. The van der Waals surface area contributed by atoms with Gasteiger partial charge >= 0.3 is 0 Å². The maximum absolute atomic E-state index is 12.0. The van der Waals surface area contributed by atoms with Gasteiger partial charge in [0.25, 0.3) is 10.0 Å². The Morgan fingerprint density at radius 1 is 1.44 bits per heavy atom. The molecule has 2 aromatic rings. The number of aliphatic hydroxyl groups is 1. The molecular weight excluding hydrogens is 272 g/mol. The summed E-state index contributed by atoms with van der Waals surface area (Å²) in [5, 5.41) is 11.4. The van der Waals surface area contributed by atoms with Gasteiger partial charge in [0, 0.05) is 11.6 Å². The van der Waals surface area contributed by atoms with Gasteiger partial charge in [0.15, 0.2) is 5.13 Å². The van der Waals surface area contributed by atoms with Crippen molar-refractivity contribution >= 4 is 26.5 Å². The lowest BCUT2D eigenvalue weighted by Crippen LogP contribution is -2.13. The molecule has 1 atom stereocenters. The van der Waals surface area contributed by atoms with Gasteiger partial charge in [-0.15, -0.1) is 11.3 Å². The van der Waals surface area contributed by atoms with Crippen LogP contribution in [0.2, 0.25) is 0 Å². The lowest BCUT2D eigenvalue weighted by atomic mass is 10.1. The molecular formula is C11H12N2O3S2. The van der Waals surface area contributed by atoms with Crippen molar-refractivity contribution in [2.24, 2.45) is 0 Å². The van der Waals surface area contributed by atoms with Crippen LogP contribution in [0.15, 0.2) is 40.7 Å². The van der Waals surface area contributed by atoms with Crippen LogP contribution in [0.5, 0.6) is 0 Å². The second-order valence-electron chi connectivity index (χ2n) is 3.69. The highest BCUT2D eigenvalue weighted by Gasteiger charge is 2.16. The Labute approximate surface area is 109 Å². The molecule has 0 aliphatic carbocycles. The highest BCUT2D eigenvalue weighted by molar-refractivity contribution is 7.93. The molecule has 1 aromatic carbocycles. The van der Waals surface area contributed by atoms with Crippen LogP contribution in [-0.2, 0) is 10.0 Å². The number of benzene rings is 1. The van der Waals surface area contributed by atoms with Crippen LogP contribution in [-0.4, -0.2) is 18.5 Å². The number of rotatable bonds is 4. The van der Waals surface area contributed by atoms with Crippen LogP contribution < -0.4 is 4.72 Å². The largest absolute Gasteiger partial charge is 0.389 e. The summed E-state index contributed by atoms with van der Waals surface area (Å²) in [7, 11) is -3.65. The Morgan fingerprint density at radius 3 is 2.83 bits per heavy atom. The van der Waals surface area contributed by atoms with E-state index in [1.54, 1.807) is 24.4 Å². The summed E-state index contributed by atoms with van der Waals surface area (Å²) in [4.78, 5) is 3.97. The molecule has 0 aliphatic rings. The third-order valence-electron chi connectivity index (χ3n) is 2.30. The fourth-order valence-electron chi connectivity index (χ4n) is 1.39. The van der Waals surface area contributed by atoms with E-state index in [9.17, 15) is 13.5 Å². The molecule has 5 nitrogen and oxygen atoms in total. The van der Waals surface area contributed by atoms with Crippen LogP contribution >= 0.6 is 11.3 Å². The van der Waals surface area contributed by atoms with Crippen molar-refractivity contribution in [2.45, 2.75) is 17.9 Å². The van der Waals surface area contributed by atoms with E-state index in [2.05, 4.69) is 9.71 Å². The first-order chi connectivity index (χ1) is 8.49. The van der Waals surface area contributed by atoms with Crippen LogP contribution in [0.4, 0.5) is 5.13 Å². The highest BCUT2D eigenvalue weighted by Crippen LogP contribution is 2.20. The van der Waals surface area contributed by atoms with Gasteiger partial charge in [-0.3, -0.25) is 4.72 Å². The molecule has 2 rings (SSSR count). The van der Waals surface area contributed by atoms with E-state index in [0.717, 1.165) is 0 Å². The fourth-order valence-corrected chi connectivity index (χ4v) is 3.23. The highest BCUT2D eigenvalue weighted by atomic mass is 32.2. The molecule has 18 heavy (non-hydrogen) atoms. The molecule has 0 saturated carbocycles. The molecule has 0 saturated heterocycles. The van der Waals surface area contributed by atoms with E-state index < -0.39 is 16.1 Å². The van der Waals surface area contributed by atoms with Crippen LogP contribution in [0, 0.1) is 0 Å². The lowest BCUT2D eigenvalue weighted by molar-refractivity contribution is 0.199. The maximum Gasteiger partial charge on any atom is 0.263 e. The SMILES string of the molecule is CC(O)c1cccc(S(=O)(=O)Nc2nccs2)c1. The van der Waals surface area contributed by atoms with Crippen molar-refractivity contribution in [3.05, 3.63) is 41.4 Å². The minimum Gasteiger partial charge on any atom is -0.389 e. The number of aliphatic hydroxyl groups excluding tert-OH is 1. The molecule has 1 unspecified atom stereocenters. The lowest BCUT2D eigenvalue weighted by Gasteiger charge is -2.08. The number of anilines is 1. The topological polar surface area (TPSA) is 79.3 Å². The Balaban J connectivity index is 2.32. The summed E-state index contributed by atoms with van der Waals surface area (Å²) >= 11 is 1.20. The van der Waals surface area contributed by atoms with Gasteiger partial charge in [0.2, 0.25) is 0 Å². The van der Waals surface area contributed by atoms with E-state index in [4.69, 9.17) is 0 Å². The molecule has 7 heteroatoms. The fraction of sp³-hybridized carbons (Fsp3) is 0.182. The zero-order valence-corrected chi connectivity index (χ0v) is 11.2. The van der Waals surface area contributed by atoms with Gasteiger partial charge in [0.05, 0.1) is 11.0 Å². The van der Waals surface area contributed by atoms with Gasteiger partial charge in [0.1, 0.15) is 0 Å². The van der Waals surface area contributed by atoms with Gasteiger partial charge in [-0.25, -0.2) is 13.4 Å². The predicted octanol–water partition coefficient (Wildman–Crippen LogP) is 2.00. The molecule has 0 amide bonds. The van der Waals surface area contributed by atoms with Crippen LogP contribution in [0.3, 0.4) is 0 Å². The first-order valence-electron chi connectivity index (χ1n) is 5.19. The number of nitrogens with one attached hydrogen (secondary N) is 1. The van der Waals surface area contributed by atoms with E-state index >= 15 is 0 Å². The average Bonchev–Trinajstić information content (AvgIpc) is 2.81. The molecule has 0 aliphatic heterocycles. The van der Waals surface area contributed by atoms with Crippen molar-refractivity contribution in [2.75, 3.05) is 4.72 Å². The third kappa shape index (κ3) is 2.87. The minimum absolute atomic E-state index is 0.108. The Hall–Kier alpha value is -1.44. The Kier molecular flexibility index (Phi) is 3.65. The van der Waals surface area contributed by atoms with Crippen molar-refractivity contribution in [1.29, 1.82) is 0 Å². The minimum atomic E-state index is -3.65. The van der Waals surface area contributed by atoms with E-state index in [-0.39, 0.29) is 4.90 Å². The number of nitrogens with zero attached hydrogens (tertiary/aromatic N) is 1. The number of hydrogen-bond acceptors (Lipinski definition) is 5. The molecule has 0 radical (unpaired) electrons. The number of aromatic nitrogens is 1. The standard InChI is InChI=1S/C11H12N2O3S2/c1-8(14)9-3-2-4-10(7-9)18(15,16)13-11-12-5-6-17-11/h2-8,14H,1H3,(H,12,13). The summed E-state index contributed by atoms with van der Waals surface area (Å²) in [6.07, 6.45) is 0.814. The number of thiazole rings is 1. The van der Waals surface area contributed by atoms with Crippen LogP contribution in [0.25, 0.3) is 0 Å². The molecule has 2 N–H and O–H groups in total. The first kappa shape index (κ1) is 13.0. The zero-order chi connectivity index (χ0) is 13.2. The molecule has 1 heterocycles. The zero-order valence-electron chi connectivity index (χ0n) is 9.57. The van der Waals surface area contributed by atoms with Gasteiger partial charge in [-0.1, -0.05) is 12.1 Å². The average molecular weight is 284 g/mol. The maximum atomic E-state index is 12.0. The second kappa shape index (κ2) is 5.05. The van der Waals surface area contributed by atoms with E-state index in [0.29, 0.717) is 10.7 Å². The smallest absolute Gasteiger partial charge is 0.263 e. The van der Waals surface area contributed by atoms with Crippen molar-refractivity contribution in [1.82, 2.24) is 4.98 Å². The van der Waals surface area contributed by atoms with E-state index in [1.165, 1.54) is 29.7 Å². The first-order valence-corrected chi connectivity index (χ1v) is 7.55. The van der Waals surface area contributed by atoms with Gasteiger partial charge in [-0.2, -0.15) is 0 Å². The summed E-state index contributed by atoms with van der Waals surface area (Å²) in [5.74, 6) is 0. The monoisotopic (exact) mass is 284 g/mol. The molecule has 1 aromatic heterocycles. The quantitative estimate of drug-likeness (QED) is 0.900. The van der Waals surface area contributed by atoms with Gasteiger partial charge in [-0.05, 0) is 24.6 Å². The van der Waals surface area contributed by atoms with Gasteiger partial charge < -0.3 is 5.11 Å². The number of sulfonamides is 1. The summed E-state index contributed by atoms with van der Waals surface area (Å²) in [5.41, 5.74) is 0.553. The van der Waals surface area contributed by atoms with Crippen LogP contribution in [0.1, 0.15) is 18.6 Å². The van der Waals surface area contributed by atoms with E-state index in [1.807, 2.05) is 0 Å². The number of hydrogen-bond donors (Lipinski definition) is 2. The third-order valence-corrected chi connectivity index (χ3v) is 4.46. The summed E-state index contributed by atoms with van der Waals surface area (Å²) in [6.45, 7) is 1.58.